The van der Waals surface area contributed by atoms with Crippen LogP contribution < -0.4 is 5.32 Å². The van der Waals surface area contributed by atoms with Crippen LogP contribution in [0.5, 0.6) is 0 Å². The van der Waals surface area contributed by atoms with Crippen LogP contribution in [0.15, 0.2) is 24.3 Å². The van der Waals surface area contributed by atoms with Gasteiger partial charge in [-0.2, -0.15) is 5.10 Å². The topological polar surface area (TPSA) is 40.7 Å². The van der Waals surface area contributed by atoms with Gasteiger partial charge in [0.05, 0.1) is 11.4 Å². The van der Waals surface area contributed by atoms with Crippen molar-refractivity contribution in [3.8, 4) is 11.3 Å². The third kappa shape index (κ3) is 1.73. The number of aromatic nitrogens is 2. The molecule has 2 aromatic rings. The molecule has 1 heterocycles. The first-order valence-corrected chi connectivity index (χ1v) is 5.02. The fourth-order valence-corrected chi connectivity index (χ4v) is 1.74. The zero-order valence-corrected chi connectivity index (χ0v) is 9.26. The normalized spacial score (nSPS) is 10.3. The highest BCUT2D eigenvalue weighted by Gasteiger charge is 2.10. The van der Waals surface area contributed by atoms with E-state index in [-0.39, 0.29) is 0 Å². The van der Waals surface area contributed by atoms with Gasteiger partial charge in [-0.1, -0.05) is 23.8 Å². The fourth-order valence-electron chi connectivity index (χ4n) is 1.74. The Morgan fingerprint density at radius 2 is 2.07 bits per heavy atom. The van der Waals surface area contributed by atoms with Crippen molar-refractivity contribution in [2.24, 2.45) is 0 Å². The summed E-state index contributed by atoms with van der Waals surface area (Å²) in [5.41, 5.74) is 5.51. The van der Waals surface area contributed by atoms with Gasteiger partial charge in [0.25, 0.3) is 0 Å². The lowest BCUT2D eigenvalue weighted by Gasteiger charge is -2.03. The summed E-state index contributed by atoms with van der Waals surface area (Å²) >= 11 is 0. The molecule has 0 aliphatic carbocycles. The van der Waals surface area contributed by atoms with Crippen molar-refractivity contribution >= 4 is 5.69 Å². The largest absolute Gasteiger partial charge is 0.385 e. The second-order valence-electron chi connectivity index (χ2n) is 3.69. The summed E-state index contributed by atoms with van der Waals surface area (Å²) in [6.07, 6.45) is 0. The van der Waals surface area contributed by atoms with E-state index in [0.717, 1.165) is 22.6 Å². The molecule has 0 amide bonds. The number of rotatable bonds is 2. The lowest BCUT2D eigenvalue weighted by molar-refractivity contribution is 1.05. The Balaban J connectivity index is 2.54. The van der Waals surface area contributed by atoms with E-state index in [4.69, 9.17) is 0 Å². The number of anilines is 1. The molecule has 3 nitrogen and oxygen atoms in total. The van der Waals surface area contributed by atoms with E-state index in [0.29, 0.717) is 0 Å². The molecule has 2 rings (SSSR count). The average molecular weight is 201 g/mol. The van der Waals surface area contributed by atoms with Crippen molar-refractivity contribution in [3.63, 3.8) is 0 Å². The van der Waals surface area contributed by atoms with E-state index >= 15 is 0 Å². The summed E-state index contributed by atoms with van der Waals surface area (Å²) in [5, 5.41) is 10.5. The lowest BCUT2D eigenvalue weighted by Crippen LogP contribution is -1.91. The second kappa shape index (κ2) is 3.77. The molecule has 0 aliphatic rings. The summed E-state index contributed by atoms with van der Waals surface area (Å²) in [6.45, 7) is 4.10. The molecule has 0 saturated carbocycles. The molecule has 1 aromatic carbocycles. The molecule has 0 atom stereocenters. The number of benzene rings is 1. The van der Waals surface area contributed by atoms with E-state index in [1.165, 1.54) is 5.56 Å². The minimum atomic E-state index is 0.985. The highest BCUT2D eigenvalue weighted by molar-refractivity contribution is 5.76. The predicted molar refractivity (Wildman–Crippen MR) is 63.0 cm³/mol. The highest BCUT2D eigenvalue weighted by Crippen LogP contribution is 2.28. The molecule has 78 valence electrons. The fraction of sp³-hybridized carbons (Fsp3) is 0.250. The first kappa shape index (κ1) is 9.77. The smallest absolute Gasteiger partial charge is 0.115 e. The number of hydrogen-bond acceptors (Lipinski definition) is 2. The molecule has 15 heavy (non-hydrogen) atoms. The van der Waals surface area contributed by atoms with Crippen LogP contribution in [0.3, 0.4) is 0 Å². The van der Waals surface area contributed by atoms with E-state index < -0.39 is 0 Å². The van der Waals surface area contributed by atoms with Crippen LogP contribution >= 0.6 is 0 Å². The van der Waals surface area contributed by atoms with E-state index in [2.05, 4.69) is 40.6 Å². The van der Waals surface area contributed by atoms with Crippen molar-refractivity contribution in [2.75, 3.05) is 12.4 Å². The number of hydrogen-bond donors (Lipinski definition) is 2. The zero-order chi connectivity index (χ0) is 10.8. The maximum absolute atomic E-state index is 4.31. The molecule has 2 N–H and O–H groups in total. The Kier molecular flexibility index (Phi) is 2.46. The molecule has 0 bridgehead atoms. The van der Waals surface area contributed by atoms with Gasteiger partial charge in [0.15, 0.2) is 0 Å². The Labute approximate surface area is 89.5 Å². The van der Waals surface area contributed by atoms with Crippen LogP contribution in [-0.4, -0.2) is 17.2 Å². The number of H-pyrrole nitrogens is 1. The summed E-state index contributed by atoms with van der Waals surface area (Å²) in [4.78, 5) is 0. The SMILES string of the molecule is CNc1c(-c2cccc(C)c2)n[nH]c1C. The molecular weight excluding hydrogens is 186 g/mol. The Hall–Kier alpha value is -1.77. The number of nitrogens with zero attached hydrogens (tertiary/aromatic N) is 1. The number of nitrogens with one attached hydrogen (secondary N) is 2. The first-order chi connectivity index (χ1) is 7.22. The summed E-state index contributed by atoms with van der Waals surface area (Å²) in [5.74, 6) is 0. The maximum Gasteiger partial charge on any atom is 0.115 e. The quantitative estimate of drug-likeness (QED) is 0.784. The van der Waals surface area contributed by atoms with Gasteiger partial charge in [0, 0.05) is 12.6 Å². The van der Waals surface area contributed by atoms with Crippen molar-refractivity contribution in [1.29, 1.82) is 0 Å². The van der Waals surface area contributed by atoms with Crippen LogP contribution in [0, 0.1) is 13.8 Å². The van der Waals surface area contributed by atoms with Gasteiger partial charge in [-0.05, 0) is 19.9 Å². The molecule has 1 aromatic heterocycles. The van der Waals surface area contributed by atoms with Gasteiger partial charge in [-0.3, -0.25) is 5.10 Å². The minimum absolute atomic E-state index is 0.985. The van der Waals surface area contributed by atoms with Crippen molar-refractivity contribution in [2.45, 2.75) is 13.8 Å². The highest BCUT2D eigenvalue weighted by atomic mass is 15.1. The van der Waals surface area contributed by atoms with Crippen molar-refractivity contribution in [1.82, 2.24) is 10.2 Å². The summed E-state index contributed by atoms with van der Waals surface area (Å²) in [7, 11) is 1.91. The van der Waals surface area contributed by atoms with Gasteiger partial charge in [-0.15, -0.1) is 0 Å². The Morgan fingerprint density at radius 1 is 1.27 bits per heavy atom. The van der Waals surface area contributed by atoms with E-state index in [9.17, 15) is 0 Å². The molecule has 0 fully saturated rings. The van der Waals surface area contributed by atoms with Crippen LogP contribution in [0.4, 0.5) is 5.69 Å². The monoisotopic (exact) mass is 201 g/mol. The minimum Gasteiger partial charge on any atom is -0.385 e. The Morgan fingerprint density at radius 3 is 2.73 bits per heavy atom. The van der Waals surface area contributed by atoms with Crippen molar-refractivity contribution < 1.29 is 0 Å². The maximum atomic E-state index is 4.31. The van der Waals surface area contributed by atoms with Crippen LogP contribution in [0.2, 0.25) is 0 Å². The van der Waals surface area contributed by atoms with Gasteiger partial charge >= 0.3 is 0 Å². The van der Waals surface area contributed by atoms with Crippen LogP contribution in [0.25, 0.3) is 11.3 Å². The summed E-state index contributed by atoms with van der Waals surface area (Å²) in [6, 6.07) is 8.34. The lowest BCUT2D eigenvalue weighted by atomic mass is 10.1. The molecule has 3 heteroatoms. The third-order valence-electron chi connectivity index (χ3n) is 2.49. The second-order valence-corrected chi connectivity index (χ2v) is 3.69. The van der Waals surface area contributed by atoms with Crippen LogP contribution in [-0.2, 0) is 0 Å². The van der Waals surface area contributed by atoms with Crippen molar-refractivity contribution in [3.05, 3.63) is 35.5 Å². The van der Waals surface area contributed by atoms with Crippen LogP contribution in [0.1, 0.15) is 11.3 Å². The molecule has 0 aliphatic heterocycles. The van der Waals surface area contributed by atoms with E-state index in [1.807, 2.05) is 20.0 Å². The van der Waals surface area contributed by atoms with Gasteiger partial charge in [0.1, 0.15) is 5.69 Å². The first-order valence-electron chi connectivity index (χ1n) is 5.02. The third-order valence-corrected chi connectivity index (χ3v) is 2.49. The molecule has 0 radical (unpaired) electrons. The van der Waals surface area contributed by atoms with Gasteiger partial charge < -0.3 is 5.32 Å². The van der Waals surface area contributed by atoms with E-state index in [1.54, 1.807) is 0 Å². The average Bonchev–Trinajstić information content (AvgIpc) is 2.59. The number of aromatic amines is 1. The predicted octanol–water partition coefficient (Wildman–Crippen LogP) is 2.74. The molecule has 0 unspecified atom stereocenters. The molecular formula is C12H15N3. The van der Waals surface area contributed by atoms with Gasteiger partial charge in [0.2, 0.25) is 0 Å². The Bertz CT molecular complexity index is 471. The van der Waals surface area contributed by atoms with Gasteiger partial charge in [-0.25, -0.2) is 0 Å². The zero-order valence-electron chi connectivity index (χ0n) is 9.26. The standard InChI is InChI=1S/C12H15N3/c1-8-5-4-6-10(7-8)12-11(13-3)9(2)14-15-12/h4-7,13H,1-3H3,(H,14,15). The molecule has 0 saturated heterocycles. The number of aryl methyl sites for hydroxylation is 2. The summed E-state index contributed by atoms with van der Waals surface area (Å²) < 4.78 is 0. The molecule has 0 spiro atoms.